The smallest absolute Gasteiger partial charge is 0.264 e. The second-order valence-corrected chi connectivity index (χ2v) is 6.57. The van der Waals surface area contributed by atoms with Crippen molar-refractivity contribution >= 4 is 50.5 Å². The summed E-state index contributed by atoms with van der Waals surface area (Å²) in [4.78, 5) is 16.9. The number of halogens is 1. The van der Waals surface area contributed by atoms with Crippen LogP contribution in [-0.4, -0.2) is 21.3 Å². The number of phenolic OH excluding ortho intramolecular Hbond substituents is 2. The van der Waals surface area contributed by atoms with Gasteiger partial charge in [0.05, 0.1) is 10.6 Å². The molecule has 7 heteroatoms. The molecule has 2 aromatic carbocycles. The number of hydrogen-bond donors (Lipinski definition) is 3. The minimum absolute atomic E-state index is 0.202. The van der Waals surface area contributed by atoms with E-state index >= 15 is 0 Å². The van der Waals surface area contributed by atoms with Gasteiger partial charge in [0.1, 0.15) is 0 Å². The number of nitrogens with one attached hydrogen (secondary N) is 1. The number of phenols is 2. The molecule has 0 unspecified atom stereocenters. The van der Waals surface area contributed by atoms with Crippen molar-refractivity contribution in [3.63, 3.8) is 0 Å². The van der Waals surface area contributed by atoms with Gasteiger partial charge in [-0.2, -0.15) is 0 Å². The molecule has 1 saturated heterocycles. The Morgan fingerprint density at radius 3 is 2.65 bits per heavy atom. The average molecular weight is 391 g/mol. The number of amidine groups is 1. The van der Waals surface area contributed by atoms with E-state index in [1.54, 1.807) is 12.1 Å². The Kier molecular flexibility index (Phi) is 4.40. The number of amides is 1. The van der Waals surface area contributed by atoms with Gasteiger partial charge in [-0.3, -0.25) is 4.79 Å². The molecule has 1 aliphatic heterocycles. The molecule has 0 spiro atoms. The maximum atomic E-state index is 12.0. The fraction of sp³-hybridized carbons (Fsp3) is 0. The first-order valence-corrected chi connectivity index (χ1v) is 8.20. The normalized spacial score (nSPS) is 17.7. The average Bonchev–Trinajstić information content (AvgIpc) is 2.85. The van der Waals surface area contributed by atoms with Crippen molar-refractivity contribution < 1.29 is 15.0 Å². The van der Waals surface area contributed by atoms with Crippen molar-refractivity contribution in [1.29, 1.82) is 0 Å². The fourth-order valence-corrected chi connectivity index (χ4v) is 3.12. The monoisotopic (exact) mass is 390 g/mol. The number of benzene rings is 2. The number of nitrogens with zero attached hydrogens (tertiary/aromatic N) is 1. The molecule has 2 aromatic rings. The molecule has 1 amide bonds. The van der Waals surface area contributed by atoms with Crippen LogP contribution in [0.2, 0.25) is 0 Å². The molecule has 0 atom stereocenters. The van der Waals surface area contributed by atoms with Crippen molar-refractivity contribution in [2.75, 3.05) is 0 Å². The maximum absolute atomic E-state index is 12.0. The number of aromatic hydroxyl groups is 2. The van der Waals surface area contributed by atoms with Crippen LogP contribution in [0.25, 0.3) is 6.08 Å². The molecule has 23 heavy (non-hydrogen) atoms. The Hall–Kier alpha value is -2.25. The zero-order chi connectivity index (χ0) is 16.4. The molecule has 0 aromatic heterocycles. The third kappa shape index (κ3) is 3.57. The van der Waals surface area contributed by atoms with Crippen LogP contribution in [0.3, 0.4) is 0 Å². The van der Waals surface area contributed by atoms with Gasteiger partial charge in [-0.05, 0) is 63.6 Å². The molecule has 0 saturated carbocycles. The van der Waals surface area contributed by atoms with Gasteiger partial charge in [-0.25, -0.2) is 4.99 Å². The number of carbonyl (C=O) groups excluding carboxylic acids is 1. The van der Waals surface area contributed by atoms with E-state index in [2.05, 4.69) is 26.2 Å². The first kappa shape index (κ1) is 15.6. The Morgan fingerprint density at radius 2 is 1.91 bits per heavy atom. The van der Waals surface area contributed by atoms with Crippen molar-refractivity contribution in [2.24, 2.45) is 4.99 Å². The minimum atomic E-state index is -0.256. The van der Waals surface area contributed by atoms with Crippen molar-refractivity contribution in [1.82, 2.24) is 5.32 Å². The molecule has 0 aliphatic carbocycles. The summed E-state index contributed by atoms with van der Waals surface area (Å²) in [5.41, 5.74) is 1.33. The van der Waals surface area contributed by atoms with E-state index in [4.69, 9.17) is 0 Å². The van der Waals surface area contributed by atoms with E-state index in [1.165, 1.54) is 23.9 Å². The lowest BCUT2D eigenvalue weighted by atomic mass is 10.2. The van der Waals surface area contributed by atoms with Crippen LogP contribution >= 0.6 is 27.7 Å². The van der Waals surface area contributed by atoms with Crippen molar-refractivity contribution in [2.45, 2.75) is 0 Å². The number of carbonyl (C=O) groups is 1. The van der Waals surface area contributed by atoms with Gasteiger partial charge in [0.15, 0.2) is 16.7 Å². The standard InChI is InChI=1S/C16H11BrN2O3S/c17-10-3-1-2-4-11(10)18-16-19-15(22)14(23-16)8-9-5-6-12(20)13(21)7-9/h1-8,20-21H,(H,18,19,22)/b14-8-. The summed E-state index contributed by atoms with van der Waals surface area (Å²) in [5, 5.41) is 22.0. The lowest BCUT2D eigenvalue weighted by Crippen LogP contribution is -2.19. The largest absolute Gasteiger partial charge is 0.504 e. The summed E-state index contributed by atoms with van der Waals surface area (Å²) in [6, 6.07) is 11.8. The van der Waals surface area contributed by atoms with Crippen molar-refractivity contribution in [3.8, 4) is 11.5 Å². The van der Waals surface area contributed by atoms with Gasteiger partial charge < -0.3 is 15.5 Å². The Balaban J connectivity index is 1.86. The van der Waals surface area contributed by atoms with E-state index in [1.807, 2.05) is 24.3 Å². The van der Waals surface area contributed by atoms with E-state index in [0.29, 0.717) is 15.6 Å². The second-order valence-electron chi connectivity index (χ2n) is 4.68. The van der Waals surface area contributed by atoms with Crippen LogP contribution in [0, 0.1) is 0 Å². The van der Waals surface area contributed by atoms with E-state index in [9.17, 15) is 15.0 Å². The number of thioether (sulfide) groups is 1. The molecule has 0 radical (unpaired) electrons. The van der Waals surface area contributed by atoms with Crippen LogP contribution in [-0.2, 0) is 4.79 Å². The Morgan fingerprint density at radius 1 is 1.13 bits per heavy atom. The Labute approximate surface area is 144 Å². The Bertz CT molecular complexity index is 849. The predicted octanol–water partition coefficient (Wildman–Crippen LogP) is 3.75. The van der Waals surface area contributed by atoms with Crippen molar-refractivity contribution in [3.05, 3.63) is 57.4 Å². The number of aliphatic imine (C=N–C) groups is 1. The number of rotatable bonds is 2. The fourth-order valence-electron chi connectivity index (χ4n) is 1.91. The first-order chi connectivity index (χ1) is 11.0. The van der Waals surface area contributed by atoms with Crippen LogP contribution in [0.5, 0.6) is 11.5 Å². The van der Waals surface area contributed by atoms with Gasteiger partial charge in [0.2, 0.25) is 0 Å². The highest BCUT2D eigenvalue weighted by Crippen LogP contribution is 2.32. The van der Waals surface area contributed by atoms with Crippen LogP contribution in [0.4, 0.5) is 5.69 Å². The number of hydrogen-bond acceptors (Lipinski definition) is 5. The van der Waals surface area contributed by atoms with E-state index in [-0.39, 0.29) is 17.4 Å². The summed E-state index contributed by atoms with van der Waals surface area (Å²) in [6.45, 7) is 0. The summed E-state index contributed by atoms with van der Waals surface area (Å²) in [7, 11) is 0. The summed E-state index contributed by atoms with van der Waals surface area (Å²) >= 11 is 4.62. The lowest BCUT2D eigenvalue weighted by molar-refractivity contribution is -0.115. The summed E-state index contributed by atoms with van der Waals surface area (Å²) < 4.78 is 0.836. The highest BCUT2D eigenvalue weighted by atomic mass is 79.9. The highest BCUT2D eigenvalue weighted by Gasteiger charge is 2.24. The molecule has 1 fully saturated rings. The van der Waals surface area contributed by atoms with Crippen LogP contribution in [0.15, 0.2) is 56.8 Å². The molecule has 3 N–H and O–H groups in total. The van der Waals surface area contributed by atoms with Gasteiger partial charge in [-0.15, -0.1) is 0 Å². The highest BCUT2D eigenvalue weighted by molar-refractivity contribution is 9.10. The third-order valence-corrected chi connectivity index (χ3v) is 4.60. The molecule has 1 aliphatic rings. The number of para-hydroxylation sites is 1. The lowest BCUT2D eigenvalue weighted by Gasteiger charge is -1.99. The minimum Gasteiger partial charge on any atom is -0.504 e. The molecule has 116 valence electrons. The summed E-state index contributed by atoms with van der Waals surface area (Å²) in [5.74, 6) is -0.690. The molecular weight excluding hydrogens is 380 g/mol. The maximum Gasteiger partial charge on any atom is 0.264 e. The van der Waals surface area contributed by atoms with Crippen LogP contribution < -0.4 is 5.32 Å². The second kappa shape index (κ2) is 6.47. The predicted molar refractivity (Wildman–Crippen MR) is 94.7 cm³/mol. The quantitative estimate of drug-likeness (QED) is 0.538. The van der Waals surface area contributed by atoms with E-state index < -0.39 is 0 Å². The van der Waals surface area contributed by atoms with Gasteiger partial charge in [0, 0.05) is 4.47 Å². The molecule has 0 bridgehead atoms. The molecular formula is C16H11BrN2O3S. The topological polar surface area (TPSA) is 81.9 Å². The van der Waals surface area contributed by atoms with Gasteiger partial charge >= 0.3 is 0 Å². The van der Waals surface area contributed by atoms with Gasteiger partial charge in [0.25, 0.3) is 5.91 Å². The van der Waals surface area contributed by atoms with Crippen LogP contribution in [0.1, 0.15) is 5.56 Å². The van der Waals surface area contributed by atoms with Gasteiger partial charge in [-0.1, -0.05) is 18.2 Å². The van der Waals surface area contributed by atoms with E-state index in [0.717, 1.165) is 10.2 Å². The summed E-state index contributed by atoms with van der Waals surface area (Å²) in [6.07, 6.45) is 1.63. The third-order valence-electron chi connectivity index (χ3n) is 3.02. The zero-order valence-electron chi connectivity index (χ0n) is 11.7. The molecule has 3 rings (SSSR count). The SMILES string of the molecule is O=C1NC(=Nc2ccccc2Br)S/C1=C\c1ccc(O)c(O)c1. The zero-order valence-corrected chi connectivity index (χ0v) is 14.1. The molecule has 5 nitrogen and oxygen atoms in total. The molecule has 1 heterocycles. The first-order valence-electron chi connectivity index (χ1n) is 6.59.